The van der Waals surface area contributed by atoms with Gasteiger partial charge in [-0.25, -0.2) is 4.68 Å². The molecule has 1 aliphatic rings. The highest BCUT2D eigenvalue weighted by molar-refractivity contribution is 5.71. The smallest absolute Gasteiger partial charge is 0.270 e. The number of ether oxygens (including phenoxy) is 2. The van der Waals surface area contributed by atoms with E-state index in [0.29, 0.717) is 18.1 Å². The molecule has 0 amide bonds. The Morgan fingerprint density at radius 1 is 1.16 bits per heavy atom. The SMILES string of the molecule is COc1cc(=O)n(C)nc1-c1ccccc1OCCC1CCCCC1. The van der Waals surface area contributed by atoms with Gasteiger partial charge in [-0.3, -0.25) is 4.79 Å². The van der Waals surface area contributed by atoms with Crippen LogP contribution < -0.4 is 15.0 Å². The monoisotopic (exact) mass is 342 g/mol. The number of rotatable bonds is 6. The van der Waals surface area contributed by atoms with Crippen LogP contribution in [0.3, 0.4) is 0 Å². The van der Waals surface area contributed by atoms with Gasteiger partial charge in [-0.2, -0.15) is 5.10 Å². The van der Waals surface area contributed by atoms with Crippen LogP contribution in [0.4, 0.5) is 0 Å². The molecule has 0 bridgehead atoms. The van der Waals surface area contributed by atoms with E-state index >= 15 is 0 Å². The van der Waals surface area contributed by atoms with E-state index < -0.39 is 0 Å². The number of para-hydroxylation sites is 1. The lowest BCUT2D eigenvalue weighted by molar-refractivity contribution is 0.247. The first-order valence-corrected chi connectivity index (χ1v) is 9.03. The summed E-state index contributed by atoms with van der Waals surface area (Å²) in [6, 6.07) is 9.25. The standard InChI is InChI=1S/C20H26N2O3/c1-22-19(23)14-18(24-2)20(21-22)16-10-6-7-11-17(16)25-13-12-15-8-4-3-5-9-15/h6-7,10-11,14-15H,3-5,8-9,12-13H2,1-2H3. The predicted octanol–water partition coefficient (Wildman–Crippen LogP) is 3.81. The van der Waals surface area contributed by atoms with E-state index in [2.05, 4.69) is 5.10 Å². The third kappa shape index (κ3) is 4.21. The number of aryl methyl sites for hydroxylation is 1. The van der Waals surface area contributed by atoms with E-state index in [1.54, 1.807) is 14.2 Å². The molecule has 25 heavy (non-hydrogen) atoms. The minimum atomic E-state index is -0.198. The largest absolute Gasteiger partial charge is 0.494 e. The number of methoxy groups -OCH3 is 1. The second kappa shape index (κ2) is 8.19. The molecule has 0 spiro atoms. The summed E-state index contributed by atoms with van der Waals surface area (Å²) >= 11 is 0. The van der Waals surface area contributed by atoms with E-state index in [9.17, 15) is 4.79 Å². The molecule has 5 nitrogen and oxygen atoms in total. The summed E-state index contributed by atoms with van der Waals surface area (Å²) in [6.45, 7) is 0.704. The summed E-state index contributed by atoms with van der Waals surface area (Å²) in [7, 11) is 3.18. The van der Waals surface area contributed by atoms with Crippen molar-refractivity contribution in [1.82, 2.24) is 9.78 Å². The fraction of sp³-hybridized carbons (Fsp3) is 0.500. The summed E-state index contributed by atoms with van der Waals surface area (Å²) in [5, 5.41) is 4.37. The van der Waals surface area contributed by atoms with Crippen LogP contribution in [0.1, 0.15) is 38.5 Å². The molecule has 1 aliphatic carbocycles. The summed E-state index contributed by atoms with van der Waals surface area (Å²) in [6.07, 6.45) is 7.80. The average molecular weight is 342 g/mol. The van der Waals surface area contributed by atoms with Crippen molar-refractivity contribution in [3.63, 3.8) is 0 Å². The minimum Gasteiger partial charge on any atom is -0.494 e. The van der Waals surface area contributed by atoms with Gasteiger partial charge in [-0.05, 0) is 24.5 Å². The van der Waals surface area contributed by atoms with Crippen LogP contribution in [0.15, 0.2) is 35.1 Å². The molecule has 1 aromatic heterocycles. The molecular weight excluding hydrogens is 316 g/mol. The second-order valence-electron chi connectivity index (χ2n) is 6.66. The fourth-order valence-electron chi connectivity index (χ4n) is 3.46. The molecule has 0 saturated heterocycles. The number of hydrogen-bond acceptors (Lipinski definition) is 4. The van der Waals surface area contributed by atoms with Gasteiger partial charge in [0.1, 0.15) is 11.4 Å². The van der Waals surface area contributed by atoms with Gasteiger partial charge in [-0.1, -0.05) is 44.2 Å². The molecule has 1 aromatic carbocycles. The quantitative estimate of drug-likeness (QED) is 0.801. The Hall–Kier alpha value is -2.30. The molecule has 1 fully saturated rings. The molecule has 0 unspecified atom stereocenters. The molecular formula is C20H26N2O3. The van der Waals surface area contributed by atoms with Crippen LogP contribution in [0, 0.1) is 5.92 Å². The summed E-state index contributed by atoms with van der Waals surface area (Å²) in [4.78, 5) is 11.8. The molecule has 1 saturated carbocycles. The summed E-state index contributed by atoms with van der Waals surface area (Å²) in [5.41, 5.74) is 1.27. The first-order valence-electron chi connectivity index (χ1n) is 9.03. The van der Waals surface area contributed by atoms with Gasteiger partial charge in [-0.15, -0.1) is 0 Å². The van der Waals surface area contributed by atoms with E-state index in [0.717, 1.165) is 23.7 Å². The van der Waals surface area contributed by atoms with E-state index in [1.165, 1.54) is 42.9 Å². The van der Waals surface area contributed by atoms with Crippen molar-refractivity contribution in [2.75, 3.05) is 13.7 Å². The number of benzene rings is 1. The molecule has 0 radical (unpaired) electrons. The molecule has 2 aromatic rings. The number of hydrogen-bond donors (Lipinski definition) is 0. The number of nitrogens with zero attached hydrogens (tertiary/aromatic N) is 2. The van der Waals surface area contributed by atoms with Crippen LogP contribution in [0.2, 0.25) is 0 Å². The van der Waals surface area contributed by atoms with E-state index in [4.69, 9.17) is 9.47 Å². The van der Waals surface area contributed by atoms with E-state index in [-0.39, 0.29) is 5.56 Å². The van der Waals surface area contributed by atoms with Crippen molar-refractivity contribution in [3.8, 4) is 22.8 Å². The molecule has 0 atom stereocenters. The molecule has 3 rings (SSSR count). The maximum Gasteiger partial charge on any atom is 0.270 e. The Labute approximate surface area is 148 Å². The van der Waals surface area contributed by atoms with Gasteiger partial charge >= 0.3 is 0 Å². The molecule has 0 N–H and O–H groups in total. The van der Waals surface area contributed by atoms with Crippen LogP contribution in [0.25, 0.3) is 11.3 Å². The number of aromatic nitrogens is 2. The lowest BCUT2D eigenvalue weighted by Crippen LogP contribution is -2.19. The Bertz CT molecular complexity index is 764. The highest BCUT2D eigenvalue weighted by atomic mass is 16.5. The molecule has 134 valence electrons. The molecule has 0 aliphatic heterocycles. The van der Waals surface area contributed by atoms with Gasteiger partial charge in [0.2, 0.25) is 0 Å². The van der Waals surface area contributed by atoms with Gasteiger partial charge < -0.3 is 9.47 Å². The van der Waals surface area contributed by atoms with Crippen LogP contribution in [0.5, 0.6) is 11.5 Å². The van der Waals surface area contributed by atoms with Crippen molar-refractivity contribution < 1.29 is 9.47 Å². The van der Waals surface area contributed by atoms with Gasteiger partial charge in [0.05, 0.1) is 13.7 Å². The van der Waals surface area contributed by atoms with Crippen molar-refractivity contribution >= 4 is 0 Å². The fourth-order valence-corrected chi connectivity index (χ4v) is 3.46. The van der Waals surface area contributed by atoms with Crippen molar-refractivity contribution in [1.29, 1.82) is 0 Å². The third-order valence-electron chi connectivity index (χ3n) is 4.93. The summed E-state index contributed by atoms with van der Waals surface area (Å²) in [5.74, 6) is 2.03. The lowest BCUT2D eigenvalue weighted by atomic mass is 9.87. The first kappa shape index (κ1) is 17.5. The van der Waals surface area contributed by atoms with Crippen molar-refractivity contribution in [3.05, 3.63) is 40.7 Å². The van der Waals surface area contributed by atoms with Crippen LogP contribution in [-0.4, -0.2) is 23.5 Å². The second-order valence-corrected chi connectivity index (χ2v) is 6.66. The van der Waals surface area contributed by atoms with Crippen LogP contribution in [-0.2, 0) is 7.05 Å². The summed E-state index contributed by atoms with van der Waals surface area (Å²) < 4.78 is 12.8. The highest BCUT2D eigenvalue weighted by Crippen LogP contribution is 2.34. The third-order valence-corrected chi connectivity index (χ3v) is 4.93. The van der Waals surface area contributed by atoms with Gasteiger partial charge in [0.15, 0.2) is 5.75 Å². The Kier molecular flexibility index (Phi) is 5.74. The lowest BCUT2D eigenvalue weighted by Gasteiger charge is -2.21. The Morgan fingerprint density at radius 2 is 1.92 bits per heavy atom. The topological polar surface area (TPSA) is 53.4 Å². The van der Waals surface area contributed by atoms with Gasteiger partial charge in [0.25, 0.3) is 5.56 Å². The predicted molar refractivity (Wildman–Crippen MR) is 98.2 cm³/mol. The molecule has 5 heteroatoms. The normalized spacial score (nSPS) is 15.1. The van der Waals surface area contributed by atoms with Crippen LogP contribution >= 0.6 is 0 Å². The van der Waals surface area contributed by atoms with Crippen molar-refractivity contribution in [2.24, 2.45) is 13.0 Å². The van der Waals surface area contributed by atoms with Gasteiger partial charge in [0, 0.05) is 18.7 Å². The zero-order valence-electron chi connectivity index (χ0n) is 15.0. The minimum absolute atomic E-state index is 0.198. The van der Waals surface area contributed by atoms with E-state index in [1.807, 2.05) is 24.3 Å². The zero-order chi connectivity index (χ0) is 17.6. The Balaban J connectivity index is 1.79. The molecule has 1 heterocycles. The highest BCUT2D eigenvalue weighted by Gasteiger charge is 2.16. The maximum atomic E-state index is 11.8. The first-order chi connectivity index (χ1) is 12.2. The Morgan fingerprint density at radius 3 is 2.68 bits per heavy atom. The zero-order valence-corrected chi connectivity index (χ0v) is 15.0. The average Bonchev–Trinajstić information content (AvgIpc) is 2.65. The van der Waals surface area contributed by atoms with Crippen molar-refractivity contribution in [2.45, 2.75) is 38.5 Å². The maximum absolute atomic E-state index is 11.8.